The number of ketones is 1. The van der Waals surface area contributed by atoms with E-state index >= 15 is 0 Å². The highest BCUT2D eigenvalue weighted by molar-refractivity contribution is 5.94. The minimum atomic E-state index is -0.137. The molecule has 0 aromatic heterocycles. The molecule has 0 saturated carbocycles. The van der Waals surface area contributed by atoms with Gasteiger partial charge in [-0.1, -0.05) is 37.0 Å². The predicted octanol–water partition coefficient (Wildman–Crippen LogP) is 3.31. The maximum absolute atomic E-state index is 12.3. The van der Waals surface area contributed by atoms with Crippen molar-refractivity contribution in [3.8, 4) is 11.8 Å². The summed E-state index contributed by atoms with van der Waals surface area (Å²) in [6.07, 6.45) is 1.48. The van der Waals surface area contributed by atoms with Gasteiger partial charge in [-0.3, -0.25) is 4.79 Å². The molecule has 1 unspecified atom stereocenters. The topological polar surface area (TPSA) is 57.6 Å². The second-order valence-corrected chi connectivity index (χ2v) is 7.19. The van der Waals surface area contributed by atoms with Crippen molar-refractivity contribution >= 4 is 11.7 Å². The summed E-state index contributed by atoms with van der Waals surface area (Å²) in [6.45, 7) is 3.95. The summed E-state index contributed by atoms with van der Waals surface area (Å²) in [5.74, 6) is 6.64. The molecule has 1 atom stereocenters. The van der Waals surface area contributed by atoms with Crippen molar-refractivity contribution in [1.82, 2.24) is 4.90 Å². The lowest BCUT2D eigenvalue weighted by Gasteiger charge is -2.15. The van der Waals surface area contributed by atoms with E-state index in [1.807, 2.05) is 36.4 Å². The van der Waals surface area contributed by atoms with Gasteiger partial charge in [-0.05, 0) is 55.2 Å². The molecule has 0 aliphatic carbocycles. The number of rotatable bonds is 7. The van der Waals surface area contributed by atoms with Gasteiger partial charge in [0.1, 0.15) is 5.78 Å². The van der Waals surface area contributed by atoms with Crippen LogP contribution in [-0.2, 0) is 11.2 Å². The lowest BCUT2D eigenvalue weighted by Crippen LogP contribution is -2.29. The van der Waals surface area contributed by atoms with E-state index in [0.717, 1.165) is 17.5 Å². The van der Waals surface area contributed by atoms with Crippen LogP contribution < -0.4 is 0 Å². The van der Waals surface area contributed by atoms with Crippen molar-refractivity contribution in [2.75, 3.05) is 20.2 Å². The number of benzene rings is 2. The molecule has 0 radical (unpaired) electrons. The van der Waals surface area contributed by atoms with Gasteiger partial charge in [-0.15, -0.1) is 0 Å². The Balaban J connectivity index is 2.06. The first kappa shape index (κ1) is 21.4. The van der Waals surface area contributed by atoms with E-state index < -0.39 is 0 Å². The molecule has 0 spiro atoms. The van der Waals surface area contributed by atoms with Crippen molar-refractivity contribution in [3.63, 3.8) is 0 Å². The van der Waals surface area contributed by atoms with Crippen LogP contribution in [0.25, 0.3) is 0 Å². The van der Waals surface area contributed by atoms with Gasteiger partial charge in [-0.2, -0.15) is 0 Å². The molecule has 4 nitrogen and oxygen atoms in total. The van der Waals surface area contributed by atoms with E-state index in [1.165, 1.54) is 10.5 Å². The highest BCUT2D eigenvalue weighted by Gasteiger charge is 2.11. The highest BCUT2D eigenvalue weighted by Crippen LogP contribution is 2.13. The summed E-state index contributed by atoms with van der Waals surface area (Å²) in [4.78, 5) is 25.0. The lowest BCUT2D eigenvalue weighted by atomic mass is 9.96. The second-order valence-electron chi connectivity index (χ2n) is 7.19. The number of carbonyl (C=O) groups excluding carboxylic acids is 2. The third-order valence-corrected chi connectivity index (χ3v) is 4.42. The van der Waals surface area contributed by atoms with E-state index in [2.05, 4.69) is 18.8 Å². The van der Waals surface area contributed by atoms with E-state index in [0.29, 0.717) is 24.4 Å². The quantitative estimate of drug-likeness (QED) is 0.753. The summed E-state index contributed by atoms with van der Waals surface area (Å²) < 4.78 is 0. The fourth-order valence-corrected chi connectivity index (χ4v) is 3.04. The van der Waals surface area contributed by atoms with Crippen molar-refractivity contribution < 1.29 is 14.7 Å². The van der Waals surface area contributed by atoms with Gasteiger partial charge >= 0.3 is 0 Å². The van der Waals surface area contributed by atoms with Crippen molar-refractivity contribution in [1.29, 1.82) is 0 Å². The largest absolute Gasteiger partial charge is 0.395 e. The van der Waals surface area contributed by atoms with E-state index in [1.54, 1.807) is 26.1 Å². The third kappa shape index (κ3) is 6.68. The molecule has 0 heterocycles. The molecule has 2 aromatic carbocycles. The molecular weight excluding hydrogens is 350 g/mol. The third-order valence-electron chi connectivity index (χ3n) is 4.42. The standard InChI is InChI=1S/C24H27NO3/c1-18(15-19(2)27)16-22-11-8-20(9-12-22)7-10-21-5-4-6-23(17-21)24(28)25(3)13-14-26/h4-6,8-9,11-12,17-18,26H,13-16H2,1-3H3. The number of aliphatic hydroxyl groups excluding tert-OH is 1. The molecule has 4 heteroatoms. The van der Waals surface area contributed by atoms with E-state index in [9.17, 15) is 9.59 Å². The fourth-order valence-electron chi connectivity index (χ4n) is 3.04. The number of likely N-dealkylation sites (N-methyl/N-ethyl adjacent to an activating group) is 1. The Kier molecular flexibility index (Phi) is 7.98. The Morgan fingerprint density at radius 1 is 1.07 bits per heavy atom. The average molecular weight is 377 g/mol. The van der Waals surface area contributed by atoms with Crippen LogP contribution in [0.4, 0.5) is 0 Å². The molecule has 146 valence electrons. The smallest absolute Gasteiger partial charge is 0.253 e. The zero-order valence-electron chi connectivity index (χ0n) is 16.7. The Morgan fingerprint density at radius 2 is 1.75 bits per heavy atom. The van der Waals surface area contributed by atoms with Crippen LogP contribution in [0.5, 0.6) is 0 Å². The van der Waals surface area contributed by atoms with Crippen LogP contribution in [0.3, 0.4) is 0 Å². The lowest BCUT2D eigenvalue weighted by molar-refractivity contribution is -0.117. The molecule has 0 saturated heterocycles. The van der Waals surface area contributed by atoms with Gasteiger partial charge < -0.3 is 14.8 Å². The normalized spacial score (nSPS) is 11.3. The molecule has 2 aromatic rings. The van der Waals surface area contributed by atoms with Gasteiger partial charge in [0.25, 0.3) is 5.91 Å². The molecular formula is C24H27NO3. The molecule has 0 bridgehead atoms. The monoisotopic (exact) mass is 377 g/mol. The van der Waals surface area contributed by atoms with Crippen molar-refractivity contribution in [3.05, 3.63) is 70.8 Å². The van der Waals surface area contributed by atoms with Gasteiger partial charge in [0.2, 0.25) is 0 Å². The molecule has 0 fully saturated rings. The zero-order valence-corrected chi connectivity index (χ0v) is 16.7. The first-order valence-corrected chi connectivity index (χ1v) is 9.46. The van der Waals surface area contributed by atoms with E-state index in [4.69, 9.17) is 5.11 Å². The summed E-state index contributed by atoms with van der Waals surface area (Å²) in [6, 6.07) is 15.2. The van der Waals surface area contributed by atoms with Gasteiger partial charge in [0, 0.05) is 36.7 Å². The second kappa shape index (κ2) is 10.4. The van der Waals surface area contributed by atoms with Crippen LogP contribution >= 0.6 is 0 Å². The first-order chi connectivity index (χ1) is 13.4. The van der Waals surface area contributed by atoms with Crippen LogP contribution in [0, 0.1) is 17.8 Å². The molecule has 0 aliphatic rings. The zero-order chi connectivity index (χ0) is 20.5. The molecule has 2 rings (SSSR count). The maximum Gasteiger partial charge on any atom is 0.253 e. The number of amides is 1. The summed E-state index contributed by atoms with van der Waals surface area (Å²) in [5.41, 5.74) is 3.41. The van der Waals surface area contributed by atoms with Crippen LogP contribution in [0.2, 0.25) is 0 Å². The molecule has 28 heavy (non-hydrogen) atoms. The number of hydrogen-bond acceptors (Lipinski definition) is 3. The first-order valence-electron chi connectivity index (χ1n) is 9.46. The predicted molar refractivity (Wildman–Crippen MR) is 111 cm³/mol. The molecule has 0 aliphatic heterocycles. The van der Waals surface area contributed by atoms with Crippen LogP contribution in [0.1, 0.15) is 47.3 Å². The van der Waals surface area contributed by atoms with Gasteiger partial charge in [-0.25, -0.2) is 0 Å². The minimum Gasteiger partial charge on any atom is -0.395 e. The van der Waals surface area contributed by atoms with Crippen molar-refractivity contribution in [2.45, 2.75) is 26.7 Å². The van der Waals surface area contributed by atoms with Crippen LogP contribution in [0.15, 0.2) is 48.5 Å². The number of Topliss-reactive ketones (excluding diaryl/α,β-unsaturated/α-hetero) is 1. The van der Waals surface area contributed by atoms with Crippen LogP contribution in [-0.4, -0.2) is 41.9 Å². The molecule has 1 amide bonds. The minimum absolute atomic E-state index is 0.0642. The maximum atomic E-state index is 12.3. The van der Waals surface area contributed by atoms with Crippen molar-refractivity contribution in [2.24, 2.45) is 5.92 Å². The Labute approximate surface area is 167 Å². The van der Waals surface area contributed by atoms with Gasteiger partial charge in [0.05, 0.1) is 6.61 Å². The highest BCUT2D eigenvalue weighted by atomic mass is 16.3. The summed E-state index contributed by atoms with van der Waals surface area (Å²) in [5, 5.41) is 8.97. The number of nitrogens with zero attached hydrogens (tertiary/aromatic N) is 1. The van der Waals surface area contributed by atoms with Gasteiger partial charge in [0.15, 0.2) is 0 Å². The number of hydrogen-bond donors (Lipinski definition) is 1. The number of aliphatic hydroxyl groups is 1. The Morgan fingerprint density at radius 3 is 2.39 bits per heavy atom. The fraction of sp³-hybridized carbons (Fsp3) is 0.333. The SMILES string of the molecule is CC(=O)CC(C)Cc1ccc(C#Cc2cccc(C(=O)N(C)CCO)c2)cc1. The molecule has 1 N–H and O–H groups in total. The average Bonchev–Trinajstić information content (AvgIpc) is 2.66. The Hall–Kier alpha value is -2.90. The number of carbonyl (C=O) groups is 2. The summed E-state index contributed by atoms with van der Waals surface area (Å²) >= 11 is 0. The van der Waals surface area contributed by atoms with E-state index in [-0.39, 0.29) is 18.3 Å². The Bertz CT molecular complexity index is 875. The summed E-state index contributed by atoms with van der Waals surface area (Å²) in [7, 11) is 1.66.